The van der Waals surface area contributed by atoms with Gasteiger partial charge in [0.05, 0.1) is 11.3 Å². The Morgan fingerprint density at radius 3 is 2.88 bits per heavy atom. The molecule has 0 aromatic heterocycles. The number of nitriles is 1. The third-order valence-corrected chi connectivity index (χ3v) is 2.15. The minimum atomic E-state index is -0.0575. The number of carbonyl (C=O) groups is 1. The van der Waals surface area contributed by atoms with Crippen LogP contribution in [0.5, 0.6) is 0 Å². The van der Waals surface area contributed by atoms with Crippen LogP contribution < -0.4 is 10.6 Å². The summed E-state index contributed by atoms with van der Waals surface area (Å²) in [4.78, 5) is 11.5. The van der Waals surface area contributed by atoms with Crippen LogP contribution in [0.15, 0.2) is 24.3 Å². The number of hydrogen-bond acceptors (Lipinski definition) is 3. The largest absolute Gasteiger partial charge is 0.325 e. The van der Waals surface area contributed by atoms with E-state index in [0.29, 0.717) is 17.7 Å². The SMILES string of the molecule is CNCCCC(=O)Nc1ccccc1C#N. The van der Waals surface area contributed by atoms with Gasteiger partial charge in [0.25, 0.3) is 0 Å². The van der Waals surface area contributed by atoms with Crippen molar-refractivity contribution in [2.75, 3.05) is 18.9 Å². The summed E-state index contributed by atoms with van der Waals surface area (Å²) >= 11 is 0. The number of para-hydroxylation sites is 1. The number of amides is 1. The summed E-state index contributed by atoms with van der Waals surface area (Å²) in [5.41, 5.74) is 1.07. The lowest BCUT2D eigenvalue weighted by Gasteiger charge is -2.06. The maximum absolute atomic E-state index is 11.5. The van der Waals surface area contributed by atoms with Crippen LogP contribution in [0, 0.1) is 11.3 Å². The van der Waals surface area contributed by atoms with Gasteiger partial charge in [0.2, 0.25) is 5.91 Å². The quantitative estimate of drug-likeness (QED) is 0.734. The van der Waals surface area contributed by atoms with E-state index in [4.69, 9.17) is 5.26 Å². The number of rotatable bonds is 5. The molecule has 0 saturated heterocycles. The first kappa shape index (κ1) is 12.2. The van der Waals surface area contributed by atoms with Crippen molar-refractivity contribution in [3.63, 3.8) is 0 Å². The number of nitrogens with zero attached hydrogens (tertiary/aromatic N) is 1. The molecule has 84 valence electrons. The fourth-order valence-corrected chi connectivity index (χ4v) is 1.33. The molecule has 0 saturated carbocycles. The number of anilines is 1. The molecular formula is C12H15N3O. The van der Waals surface area contributed by atoms with E-state index in [1.165, 1.54) is 0 Å². The summed E-state index contributed by atoms with van der Waals surface area (Å²) in [6, 6.07) is 9.02. The Morgan fingerprint density at radius 2 is 2.19 bits per heavy atom. The second-order valence-electron chi connectivity index (χ2n) is 3.41. The van der Waals surface area contributed by atoms with Crippen molar-refractivity contribution < 1.29 is 4.79 Å². The van der Waals surface area contributed by atoms with Gasteiger partial charge in [-0.25, -0.2) is 0 Å². The van der Waals surface area contributed by atoms with Crippen molar-refractivity contribution in [2.24, 2.45) is 0 Å². The van der Waals surface area contributed by atoms with Gasteiger partial charge in [-0.05, 0) is 32.1 Å². The van der Waals surface area contributed by atoms with Crippen LogP contribution in [0.25, 0.3) is 0 Å². The van der Waals surface area contributed by atoms with Gasteiger partial charge in [-0.3, -0.25) is 4.79 Å². The lowest BCUT2D eigenvalue weighted by atomic mass is 10.2. The molecule has 0 fully saturated rings. The van der Waals surface area contributed by atoms with Crippen LogP contribution in [-0.4, -0.2) is 19.5 Å². The highest BCUT2D eigenvalue weighted by atomic mass is 16.1. The highest BCUT2D eigenvalue weighted by Gasteiger charge is 2.05. The smallest absolute Gasteiger partial charge is 0.224 e. The molecule has 4 nitrogen and oxygen atoms in total. The minimum Gasteiger partial charge on any atom is -0.325 e. The van der Waals surface area contributed by atoms with Gasteiger partial charge in [0, 0.05) is 6.42 Å². The fourth-order valence-electron chi connectivity index (χ4n) is 1.33. The summed E-state index contributed by atoms with van der Waals surface area (Å²) in [6.07, 6.45) is 1.25. The molecule has 0 radical (unpaired) electrons. The number of benzene rings is 1. The van der Waals surface area contributed by atoms with Gasteiger partial charge in [-0.15, -0.1) is 0 Å². The van der Waals surface area contributed by atoms with E-state index >= 15 is 0 Å². The van der Waals surface area contributed by atoms with Crippen molar-refractivity contribution in [3.05, 3.63) is 29.8 Å². The highest BCUT2D eigenvalue weighted by Crippen LogP contribution is 2.13. The molecular weight excluding hydrogens is 202 g/mol. The first-order valence-electron chi connectivity index (χ1n) is 5.21. The highest BCUT2D eigenvalue weighted by molar-refractivity contribution is 5.92. The zero-order valence-corrected chi connectivity index (χ0v) is 9.29. The van der Waals surface area contributed by atoms with Crippen molar-refractivity contribution in [1.82, 2.24) is 5.32 Å². The molecule has 1 rings (SSSR count). The first-order valence-corrected chi connectivity index (χ1v) is 5.21. The van der Waals surface area contributed by atoms with Gasteiger partial charge < -0.3 is 10.6 Å². The Balaban J connectivity index is 2.53. The van der Waals surface area contributed by atoms with Gasteiger partial charge in [-0.2, -0.15) is 5.26 Å². The number of carbonyl (C=O) groups excluding carboxylic acids is 1. The molecule has 1 amide bonds. The molecule has 0 bridgehead atoms. The van der Waals surface area contributed by atoms with Gasteiger partial charge in [0.15, 0.2) is 0 Å². The normalized spacial score (nSPS) is 9.50. The van der Waals surface area contributed by atoms with Crippen molar-refractivity contribution >= 4 is 11.6 Å². The predicted octanol–water partition coefficient (Wildman–Crippen LogP) is 1.50. The molecule has 0 aliphatic carbocycles. The van der Waals surface area contributed by atoms with E-state index in [1.807, 2.05) is 13.1 Å². The van der Waals surface area contributed by atoms with Crippen LogP contribution >= 0.6 is 0 Å². The molecule has 0 unspecified atom stereocenters. The van der Waals surface area contributed by atoms with Gasteiger partial charge in [-0.1, -0.05) is 12.1 Å². The third-order valence-electron chi connectivity index (χ3n) is 2.15. The van der Waals surface area contributed by atoms with E-state index in [2.05, 4.69) is 10.6 Å². The van der Waals surface area contributed by atoms with Crippen LogP contribution in [0.1, 0.15) is 18.4 Å². The Kier molecular flexibility index (Phi) is 5.03. The van der Waals surface area contributed by atoms with Crippen LogP contribution in [0.3, 0.4) is 0 Å². The van der Waals surface area contributed by atoms with E-state index in [-0.39, 0.29) is 5.91 Å². The molecule has 0 heterocycles. The lowest BCUT2D eigenvalue weighted by Crippen LogP contribution is -2.15. The molecule has 0 atom stereocenters. The van der Waals surface area contributed by atoms with E-state index in [0.717, 1.165) is 13.0 Å². The zero-order valence-electron chi connectivity index (χ0n) is 9.29. The van der Waals surface area contributed by atoms with E-state index < -0.39 is 0 Å². The summed E-state index contributed by atoms with van der Waals surface area (Å²) in [6.45, 7) is 0.813. The molecule has 16 heavy (non-hydrogen) atoms. The molecule has 0 aliphatic heterocycles. The second-order valence-corrected chi connectivity index (χ2v) is 3.41. The first-order chi connectivity index (χ1) is 7.77. The maximum Gasteiger partial charge on any atom is 0.224 e. The molecule has 4 heteroatoms. The van der Waals surface area contributed by atoms with Crippen molar-refractivity contribution in [3.8, 4) is 6.07 Å². The average molecular weight is 217 g/mol. The standard InChI is InChI=1S/C12H15N3O/c1-14-8-4-7-12(16)15-11-6-3-2-5-10(11)9-13/h2-3,5-6,14H,4,7-8H2,1H3,(H,15,16). The average Bonchev–Trinajstić information content (AvgIpc) is 2.30. The molecule has 1 aromatic carbocycles. The molecule has 2 N–H and O–H groups in total. The van der Waals surface area contributed by atoms with Crippen molar-refractivity contribution in [1.29, 1.82) is 5.26 Å². The molecule has 1 aromatic rings. The predicted molar refractivity (Wildman–Crippen MR) is 62.9 cm³/mol. The summed E-state index contributed by atoms with van der Waals surface area (Å²) in [7, 11) is 1.85. The number of hydrogen-bond donors (Lipinski definition) is 2. The summed E-state index contributed by atoms with van der Waals surface area (Å²) < 4.78 is 0. The Hall–Kier alpha value is -1.86. The maximum atomic E-state index is 11.5. The van der Waals surface area contributed by atoms with E-state index in [9.17, 15) is 4.79 Å². The van der Waals surface area contributed by atoms with Gasteiger partial charge in [0.1, 0.15) is 6.07 Å². The number of nitrogens with one attached hydrogen (secondary N) is 2. The second kappa shape index (κ2) is 6.59. The Bertz CT molecular complexity index is 395. The van der Waals surface area contributed by atoms with E-state index in [1.54, 1.807) is 24.3 Å². The van der Waals surface area contributed by atoms with Crippen LogP contribution in [0.4, 0.5) is 5.69 Å². The molecule has 0 spiro atoms. The lowest BCUT2D eigenvalue weighted by molar-refractivity contribution is -0.116. The van der Waals surface area contributed by atoms with Crippen LogP contribution in [0.2, 0.25) is 0 Å². The topological polar surface area (TPSA) is 64.9 Å². The Morgan fingerprint density at radius 1 is 1.44 bits per heavy atom. The fraction of sp³-hybridized carbons (Fsp3) is 0.333. The zero-order chi connectivity index (χ0) is 11.8. The molecule has 0 aliphatic rings. The monoisotopic (exact) mass is 217 g/mol. The van der Waals surface area contributed by atoms with Crippen LogP contribution in [-0.2, 0) is 4.79 Å². The minimum absolute atomic E-state index is 0.0575. The third kappa shape index (κ3) is 3.71. The summed E-state index contributed by atoms with van der Waals surface area (Å²) in [5, 5.41) is 14.5. The summed E-state index contributed by atoms with van der Waals surface area (Å²) in [5.74, 6) is -0.0575. The van der Waals surface area contributed by atoms with Gasteiger partial charge >= 0.3 is 0 Å². The van der Waals surface area contributed by atoms with Crippen molar-refractivity contribution in [2.45, 2.75) is 12.8 Å². The Labute approximate surface area is 95.3 Å².